The van der Waals surface area contributed by atoms with Crippen LogP contribution in [0.5, 0.6) is 0 Å². The summed E-state index contributed by atoms with van der Waals surface area (Å²) in [5.41, 5.74) is -0.805. The SMILES string of the molecule is C#CCN[C@@H](C(=O)Nc1ccc(Cl)cc1C(F)(F)F)c1ccccc1. The first-order chi connectivity index (χ1) is 11.8. The summed E-state index contributed by atoms with van der Waals surface area (Å²) in [7, 11) is 0. The molecule has 1 amide bonds. The van der Waals surface area contributed by atoms with Gasteiger partial charge in [-0.3, -0.25) is 10.1 Å². The molecule has 0 heterocycles. The number of carbonyl (C=O) groups excluding carboxylic acids is 1. The van der Waals surface area contributed by atoms with Crippen LogP contribution in [0.4, 0.5) is 18.9 Å². The van der Waals surface area contributed by atoms with Gasteiger partial charge in [-0.25, -0.2) is 0 Å². The van der Waals surface area contributed by atoms with E-state index in [1.165, 1.54) is 6.07 Å². The molecule has 0 fully saturated rings. The lowest BCUT2D eigenvalue weighted by atomic mass is 10.1. The number of carbonyl (C=O) groups is 1. The van der Waals surface area contributed by atoms with Gasteiger partial charge < -0.3 is 5.32 Å². The van der Waals surface area contributed by atoms with Crippen molar-refractivity contribution in [3.8, 4) is 12.3 Å². The molecule has 0 aliphatic heterocycles. The van der Waals surface area contributed by atoms with Gasteiger partial charge in [0, 0.05) is 5.02 Å². The second-order valence-electron chi connectivity index (χ2n) is 5.11. The van der Waals surface area contributed by atoms with E-state index in [1.807, 2.05) is 0 Å². The van der Waals surface area contributed by atoms with Crippen molar-refractivity contribution < 1.29 is 18.0 Å². The van der Waals surface area contributed by atoms with Crippen LogP contribution in [0.2, 0.25) is 5.02 Å². The number of alkyl halides is 3. The summed E-state index contributed by atoms with van der Waals surface area (Å²) in [6.45, 7) is 0.0831. The van der Waals surface area contributed by atoms with Crippen molar-refractivity contribution in [2.24, 2.45) is 0 Å². The third kappa shape index (κ3) is 4.99. The fraction of sp³-hybridized carbons (Fsp3) is 0.167. The molecule has 3 nitrogen and oxygen atoms in total. The molecule has 0 spiro atoms. The highest BCUT2D eigenvalue weighted by molar-refractivity contribution is 6.30. The summed E-state index contributed by atoms with van der Waals surface area (Å²) < 4.78 is 39.5. The summed E-state index contributed by atoms with van der Waals surface area (Å²) in [6.07, 6.45) is 0.547. The molecule has 1 atom stereocenters. The van der Waals surface area contributed by atoms with Crippen LogP contribution in [0.25, 0.3) is 0 Å². The zero-order chi connectivity index (χ0) is 18.4. The Labute approximate surface area is 148 Å². The standard InChI is InChI=1S/C18H14ClF3N2O/c1-2-10-23-16(12-6-4-3-5-7-12)17(25)24-15-9-8-13(19)11-14(15)18(20,21)22/h1,3-9,11,16,23H,10H2,(H,24,25)/t16-/m1/s1. The highest BCUT2D eigenvalue weighted by Gasteiger charge is 2.34. The maximum Gasteiger partial charge on any atom is 0.418 e. The molecule has 0 saturated carbocycles. The molecule has 0 saturated heterocycles. The minimum Gasteiger partial charge on any atom is -0.324 e. The van der Waals surface area contributed by atoms with Crippen LogP contribution in [0.3, 0.4) is 0 Å². The maximum atomic E-state index is 13.2. The molecule has 2 aromatic rings. The third-order valence-corrected chi connectivity index (χ3v) is 3.58. The maximum absolute atomic E-state index is 13.2. The average molecular weight is 367 g/mol. The molecule has 2 rings (SSSR count). The average Bonchev–Trinajstić information content (AvgIpc) is 2.57. The number of halogens is 4. The highest BCUT2D eigenvalue weighted by atomic mass is 35.5. The lowest BCUT2D eigenvalue weighted by molar-refractivity contribution is -0.137. The molecule has 0 aromatic heterocycles. The van der Waals surface area contributed by atoms with Gasteiger partial charge in [0.2, 0.25) is 5.91 Å². The van der Waals surface area contributed by atoms with Crippen molar-refractivity contribution in [3.63, 3.8) is 0 Å². The van der Waals surface area contributed by atoms with E-state index in [1.54, 1.807) is 30.3 Å². The zero-order valence-electron chi connectivity index (χ0n) is 12.9. The summed E-state index contributed by atoms with van der Waals surface area (Å²) in [5, 5.41) is 5.05. The Kier molecular flexibility index (Phi) is 6.07. The van der Waals surface area contributed by atoms with Crippen LogP contribution in [0, 0.1) is 12.3 Å². The second kappa shape index (κ2) is 8.06. The van der Waals surface area contributed by atoms with E-state index in [9.17, 15) is 18.0 Å². The first kappa shape index (κ1) is 18.8. The fourth-order valence-corrected chi connectivity index (χ4v) is 2.41. The Morgan fingerprint density at radius 3 is 2.48 bits per heavy atom. The molecule has 0 unspecified atom stereocenters. The van der Waals surface area contributed by atoms with E-state index < -0.39 is 23.7 Å². The van der Waals surface area contributed by atoms with Gasteiger partial charge in [-0.1, -0.05) is 47.9 Å². The van der Waals surface area contributed by atoms with Crippen LogP contribution in [-0.4, -0.2) is 12.5 Å². The molecule has 0 aliphatic carbocycles. The van der Waals surface area contributed by atoms with E-state index in [0.29, 0.717) is 5.56 Å². The predicted molar refractivity (Wildman–Crippen MR) is 91.1 cm³/mol. The predicted octanol–water partition coefficient (Wildman–Crippen LogP) is 4.26. The van der Waals surface area contributed by atoms with Crippen molar-refractivity contribution >= 4 is 23.2 Å². The van der Waals surface area contributed by atoms with E-state index in [0.717, 1.165) is 12.1 Å². The quantitative estimate of drug-likeness (QED) is 0.776. The molecular formula is C18H14ClF3N2O. The first-order valence-corrected chi connectivity index (χ1v) is 7.60. The number of hydrogen-bond donors (Lipinski definition) is 2. The number of anilines is 1. The zero-order valence-corrected chi connectivity index (χ0v) is 13.7. The molecule has 0 bridgehead atoms. The van der Waals surface area contributed by atoms with Gasteiger partial charge in [0.05, 0.1) is 17.8 Å². The van der Waals surface area contributed by atoms with Gasteiger partial charge in [-0.2, -0.15) is 13.2 Å². The smallest absolute Gasteiger partial charge is 0.324 e. The van der Waals surface area contributed by atoms with Crippen LogP contribution in [0.1, 0.15) is 17.2 Å². The Morgan fingerprint density at radius 2 is 1.88 bits per heavy atom. The van der Waals surface area contributed by atoms with Gasteiger partial charge in [-0.15, -0.1) is 6.42 Å². The minimum absolute atomic E-state index is 0.0737. The minimum atomic E-state index is -4.65. The van der Waals surface area contributed by atoms with Crippen molar-refractivity contribution in [2.45, 2.75) is 12.2 Å². The molecule has 2 aromatic carbocycles. The van der Waals surface area contributed by atoms with Gasteiger partial charge in [0.1, 0.15) is 6.04 Å². The van der Waals surface area contributed by atoms with Crippen LogP contribution >= 0.6 is 11.6 Å². The van der Waals surface area contributed by atoms with Crippen LogP contribution < -0.4 is 10.6 Å². The largest absolute Gasteiger partial charge is 0.418 e. The number of rotatable bonds is 5. The fourth-order valence-electron chi connectivity index (χ4n) is 2.23. The summed E-state index contributed by atoms with van der Waals surface area (Å²) in [5.74, 6) is 1.68. The van der Waals surface area contributed by atoms with E-state index >= 15 is 0 Å². The Balaban J connectivity index is 2.32. The van der Waals surface area contributed by atoms with Crippen molar-refractivity contribution in [3.05, 3.63) is 64.7 Å². The summed E-state index contributed by atoms with van der Waals surface area (Å²) in [4.78, 5) is 12.5. The molecule has 2 N–H and O–H groups in total. The Morgan fingerprint density at radius 1 is 1.20 bits per heavy atom. The normalized spacial score (nSPS) is 12.3. The van der Waals surface area contributed by atoms with Crippen molar-refractivity contribution in [1.82, 2.24) is 5.32 Å². The van der Waals surface area contributed by atoms with Crippen LogP contribution in [0.15, 0.2) is 48.5 Å². The Bertz CT molecular complexity index is 785. The van der Waals surface area contributed by atoms with Gasteiger partial charge in [-0.05, 0) is 23.8 Å². The number of benzene rings is 2. The molecule has 130 valence electrons. The van der Waals surface area contributed by atoms with Gasteiger partial charge in [0.15, 0.2) is 0 Å². The monoisotopic (exact) mass is 366 g/mol. The van der Waals surface area contributed by atoms with Gasteiger partial charge >= 0.3 is 6.18 Å². The highest BCUT2D eigenvalue weighted by Crippen LogP contribution is 2.36. The van der Waals surface area contributed by atoms with Crippen LogP contribution in [-0.2, 0) is 11.0 Å². The third-order valence-electron chi connectivity index (χ3n) is 3.35. The molecule has 0 radical (unpaired) electrons. The molecule has 0 aliphatic rings. The van der Waals surface area contributed by atoms with Gasteiger partial charge in [0.25, 0.3) is 0 Å². The van der Waals surface area contributed by atoms with E-state index in [4.69, 9.17) is 18.0 Å². The number of hydrogen-bond acceptors (Lipinski definition) is 2. The lowest BCUT2D eigenvalue weighted by Crippen LogP contribution is -2.33. The Hall–Kier alpha value is -2.49. The van der Waals surface area contributed by atoms with Crippen molar-refractivity contribution in [2.75, 3.05) is 11.9 Å². The van der Waals surface area contributed by atoms with Crippen molar-refractivity contribution in [1.29, 1.82) is 0 Å². The van der Waals surface area contributed by atoms with E-state index in [2.05, 4.69) is 16.6 Å². The molecular weight excluding hydrogens is 353 g/mol. The molecule has 7 heteroatoms. The first-order valence-electron chi connectivity index (χ1n) is 7.22. The topological polar surface area (TPSA) is 41.1 Å². The number of terminal acetylenes is 1. The lowest BCUT2D eigenvalue weighted by Gasteiger charge is -2.20. The number of amides is 1. The van der Waals surface area contributed by atoms with E-state index in [-0.39, 0.29) is 17.3 Å². The number of nitrogens with one attached hydrogen (secondary N) is 2. The second-order valence-corrected chi connectivity index (χ2v) is 5.54. The molecule has 25 heavy (non-hydrogen) atoms. The summed E-state index contributed by atoms with van der Waals surface area (Å²) in [6, 6.07) is 10.8. The summed E-state index contributed by atoms with van der Waals surface area (Å²) >= 11 is 5.64.